The minimum atomic E-state index is -1.45. The average molecular weight is 344 g/mol. The third kappa shape index (κ3) is 2.84. The SMILES string of the molecule is CC1(c2ccc(Cl)cc2)OC(NC(=O)c2ccccc2)C(=O)C1=O. The van der Waals surface area contributed by atoms with Crippen LogP contribution in [0.5, 0.6) is 0 Å². The second-order valence-electron chi connectivity index (χ2n) is 5.57. The second kappa shape index (κ2) is 6.19. The summed E-state index contributed by atoms with van der Waals surface area (Å²) >= 11 is 5.84. The molecule has 0 aliphatic carbocycles. The standard InChI is InChI=1S/C18H14ClNO4/c1-18(12-7-9-13(19)10-8-12)15(22)14(21)17(24-18)20-16(23)11-5-3-2-4-6-11/h2-10,17H,1H3,(H,20,23). The highest BCUT2D eigenvalue weighted by Crippen LogP contribution is 2.34. The Morgan fingerprint density at radius 3 is 2.33 bits per heavy atom. The first-order chi connectivity index (χ1) is 11.4. The van der Waals surface area contributed by atoms with Crippen molar-refractivity contribution in [1.82, 2.24) is 5.32 Å². The van der Waals surface area contributed by atoms with Crippen LogP contribution >= 0.6 is 11.6 Å². The van der Waals surface area contributed by atoms with Crippen LogP contribution in [0.4, 0.5) is 0 Å². The van der Waals surface area contributed by atoms with Gasteiger partial charge in [0, 0.05) is 10.6 Å². The highest BCUT2D eigenvalue weighted by Gasteiger charge is 2.52. The number of ether oxygens (including phenoxy) is 1. The molecule has 2 aromatic rings. The normalized spacial score (nSPS) is 23.3. The van der Waals surface area contributed by atoms with Crippen LogP contribution in [0.1, 0.15) is 22.8 Å². The van der Waals surface area contributed by atoms with Crippen molar-refractivity contribution in [2.45, 2.75) is 18.8 Å². The quantitative estimate of drug-likeness (QED) is 0.869. The number of benzene rings is 2. The number of amides is 1. The summed E-state index contributed by atoms with van der Waals surface area (Å²) in [5.41, 5.74) is -0.570. The van der Waals surface area contributed by atoms with Crippen molar-refractivity contribution in [3.8, 4) is 0 Å². The van der Waals surface area contributed by atoms with E-state index in [-0.39, 0.29) is 0 Å². The lowest BCUT2D eigenvalue weighted by Crippen LogP contribution is -2.40. The number of hydrogen-bond donors (Lipinski definition) is 1. The number of ketones is 2. The second-order valence-corrected chi connectivity index (χ2v) is 6.01. The van der Waals surface area contributed by atoms with E-state index < -0.39 is 29.3 Å². The summed E-state index contributed by atoms with van der Waals surface area (Å²) in [6.45, 7) is 1.51. The van der Waals surface area contributed by atoms with Gasteiger partial charge >= 0.3 is 0 Å². The van der Waals surface area contributed by atoms with Gasteiger partial charge < -0.3 is 10.1 Å². The molecule has 1 heterocycles. The fourth-order valence-corrected chi connectivity index (χ4v) is 2.68. The number of Topliss-reactive ketones (excluding diaryl/α,β-unsaturated/α-hetero) is 2. The van der Waals surface area contributed by atoms with Crippen molar-refractivity contribution in [1.29, 1.82) is 0 Å². The molecular weight excluding hydrogens is 330 g/mol. The monoisotopic (exact) mass is 343 g/mol. The largest absolute Gasteiger partial charge is 0.331 e. The van der Waals surface area contributed by atoms with Gasteiger partial charge in [-0.25, -0.2) is 0 Å². The molecule has 0 spiro atoms. The Bertz CT molecular complexity index is 804. The van der Waals surface area contributed by atoms with Gasteiger partial charge in [-0.3, -0.25) is 14.4 Å². The number of rotatable bonds is 3. The summed E-state index contributed by atoms with van der Waals surface area (Å²) in [5, 5.41) is 2.96. The van der Waals surface area contributed by atoms with E-state index in [0.29, 0.717) is 16.1 Å². The molecule has 0 aromatic heterocycles. The molecule has 2 atom stereocenters. The molecule has 0 saturated carbocycles. The minimum absolute atomic E-state index is 0.376. The van der Waals surface area contributed by atoms with Crippen LogP contribution < -0.4 is 5.32 Å². The summed E-state index contributed by atoms with van der Waals surface area (Å²) in [4.78, 5) is 36.8. The van der Waals surface area contributed by atoms with Crippen LogP contribution in [-0.4, -0.2) is 23.7 Å². The molecule has 3 rings (SSSR count). The predicted octanol–water partition coefficient (Wildman–Crippen LogP) is 2.48. The van der Waals surface area contributed by atoms with E-state index in [1.54, 1.807) is 54.6 Å². The summed E-state index contributed by atoms with van der Waals surface area (Å²) in [6, 6.07) is 14.9. The van der Waals surface area contributed by atoms with Gasteiger partial charge in [0.25, 0.3) is 11.7 Å². The van der Waals surface area contributed by atoms with Gasteiger partial charge in [-0.1, -0.05) is 41.9 Å². The van der Waals surface area contributed by atoms with Crippen molar-refractivity contribution in [2.75, 3.05) is 0 Å². The van der Waals surface area contributed by atoms with Crippen LogP contribution in [0.25, 0.3) is 0 Å². The van der Waals surface area contributed by atoms with E-state index in [2.05, 4.69) is 5.32 Å². The Morgan fingerprint density at radius 2 is 1.71 bits per heavy atom. The molecule has 1 saturated heterocycles. The van der Waals surface area contributed by atoms with Crippen molar-refractivity contribution in [3.05, 3.63) is 70.7 Å². The van der Waals surface area contributed by atoms with Gasteiger partial charge in [0.15, 0.2) is 11.8 Å². The molecule has 6 heteroatoms. The fraction of sp³-hybridized carbons (Fsp3) is 0.167. The number of carbonyl (C=O) groups is 3. The van der Waals surface area contributed by atoms with Crippen molar-refractivity contribution in [2.24, 2.45) is 0 Å². The molecule has 0 bridgehead atoms. The Kier molecular flexibility index (Phi) is 4.22. The summed E-state index contributed by atoms with van der Waals surface area (Å²) < 4.78 is 5.62. The third-order valence-electron chi connectivity index (χ3n) is 3.94. The smallest absolute Gasteiger partial charge is 0.253 e. The summed E-state index contributed by atoms with van der Waals surface area (Å²) in [7, 11) is 0. The molecule has 1 fully saturated rings. The first kappa shape index (κ1) is 16.4. The fourth-order valence-electron chi connectivity index (χ4n) is 2.55. The molecular formula is C18H14ClNO4. The highest BCUT2D eigenvalue weighted by molar-refractivity contribution is 6.43. The lowest BCUT2D eigenvalue weighted by atomic mass is 9.91. The van der Waals surface area contributed by atoms with E-state index in [1.807, 2.05) is 0 Å². The molecule has 1 aliphatic rings. The van der Waals surface area contributed by atoms with Crippen molar-refractivity contribution in [3.63, 3.8) is 0 Å². The first-order valence-corrected chi connectivity index (χ1v) is 7.68. The number of nitrogens with one attached hydrogen (secondary N) is 1. The zero-order valence-electron chi connectivity index (χ0n) is 12.8. The van der Waals surface area contributed by atoms with E-state index in [4.69, 9.17) is 16.3 Å². The van der Waals surface area contributed by atoms with E-state index in [1.165, 1.54) is 6.92 Å². The molecule has 0 radical (unpaired) electrons. The maximum Gasteiger partial charge on any atom is 0.253 e. The summed E-state index contributed by atoms with van der Waals surface area (Å²) in [5.74, 6) is -1.97. The van der Waals surface area contributed by atoms with Crippen LogP contribution in [-0.2, 0) is 19.9 Å². The lowest BCUT2D eigenvalue weighted by molar-refractivity contribution is -0.138. The molecule has 1 N–H and O–H groups in total. The van der Waals surface area contributed by atoms with Gasteiger partial charge in [0.05, 0.1) is 0 Å². The maximum absolute atomic E-state index is 12.4. The molecule has 122 valence electrons. The van der Waals surface area contributed by atoms with Gasteiger partial charge in [-0.15, -0.1) is 0 Å². The van der Waals surface area contributed by atoms with Crippen molar-refractivity contribution < 1.29 is 19.1 Å². The Balaban J connectivity index is 1.82. The highest BCUT2D eigenvalue weighted by atomic mass is 35.5. The molecule has 1 aliphatic heterocycles. The summed E-state index contributed by atoms with van der Waals surface area (Å²) in [6.07, 6.45) is -1.31. The Labute approximate surface area is 143 Å². The van der Waals surface area contributed by atoms with E-state index in [9.17, 15) is 14.4 Å². The van der Waals surface area contributed by atoms with Gasteiger partial charge in [0.2, 0.25) is 5.78 Å². The Morgan fingerprint density at radius 1 is 1.08 bits per heavy atom. The van der Waals surface area contributed by atoms with E-state index >= 15 is 0 Å². The lowest BCUT2D eigenvalue weighted by Gasteiger charge is -2.22. The average Bonchev–Trinajstić information content (AvgIpc) is 2.81. The van der Waals surface area contributed by atoms with Crippen molar-refractivity contribution >= 4 is 29.1 Å². The topological polar surface area (TPSA) is 72.5 Å². The van der Waals surface area contributed by atoms with E-state index in [0.717, 1.165) is 0 Å². The third-order valence-corrected chi connectivity index (χ3v) is 4.19. The number of hydrogen-bond acceptors (Lipinski definition) is 4. The van der Waals surface area contributed by atoms with Crippen LogP contribution in [0, 0.1) is 0 Å². The maximum atomic E-state index is 12.4. The number of halogens is 1. The minimum Gasteiger partial charge on any atom is -0.331 e. The molecule has 2 unspecified atom stereocenters. The van der Waals surface area contributed by atoms with Gasteiger partial charge in [0.1, 0.15) is 0 Å². The van der Waals surface area contributed by atoms with Crippen LogP contribution in [0.15, 0.2) is 54.6 Å². The molecule has 1 amide bonds. The van der Waals surface area contributed by atoms with Gasteiger partial charge in [-0.05, 0) is 36.8 Å². The molecule has 24 heavy (non-hydrogen) atoms. The first-order valence-electron chi connectivity index (χ1n) is 7.30. The van der Waals surface area contributed by atoms with Gasteiger partial charge in [-0.2, -0.15) is 0 Å². The Hall–Kier alpha value is -2.50. The molecule has 5 nitrogen and oxygen atoms in total. The predicted molar refractivity (Wildman–Crippen MR) is 87.6 cm³/mol. The zero-order valence-corrected chi connectivity index (χ0v) is 13.5. The molecule has 2 aromatic carbocycles. The van der Waals surface area contributed by atoms with Crippen LogP contribution in [0.3, 0.4) is 0 Å². The zero-order chi connectivity index (χ0) is 17.3. The van der Waals surface area contributed by atoms with Crippen LogP contribution in [0.2, 0.25) is 5.02 Å². The number of carbonyl (C=O) groups excluding carboxylic acids is 3.